The second kappa shape index (κ2) is 8.57. The standard InChI is InChI=1S/C23H32N4O2/c1-5-26(6-2)15-20-24-25-23(29-20)21-16(3)27(17-11-8-7-9-12-17)22-18(21)13-10-14-19(22)28-4/h10,13-14,17H,5-9,11-12,15H2,1-4H3. The van der Waals surface area contributed by atoms with Crippen molar-refractivity contribution in [1.82, 2.24) is 19.7 Å². The summed E-state index contributed by atoms with van der Waals surface area (Å²) in [7, 11) is 1.75. The van der Waals surface area contributed by atoms with Gasteiger partial charge in [0.25, 0.3) is 0 Å². The number of hydrogen-bond donors (Lipinski definition) is 0. The number of benzene rings is 1. The molecule has 0 saturated heterocycles. The van der Waals surface area contributed by atoms with Crippen molar-refractivity contribution in [2.45, 2.75) is 65.5 Å². The van der Waals surface area contributed by atoms with Crippen molar-refractivity contribution in [1.29, 1.82) is 0 Å². The Labute approximate surface area is 172 Å². The predicted molar refractivity (Wildman–Crippen MR) is 115 cm³/mol. The fourth-order valence-corrected chi connectivity index (χ4v) is 4.74. The van der Waals surface area contributed by atoms with Crippen molar-refractivity contribution in [3.63, 3.8) is 0 Å². The molecule has 6 nitrogen and oxygen atoms in total. The summed E-state index contributed by atoms with van der Waals surface area (Å²) in [6.07, 6.45) is 6.31. The third-order valence-corrected chi connectivity index (χ3v) is 6.33. The Morgan fingerprint density at radius 1 is 1.14 bits per heavy atom. The number of nitrogens with zero attached hydrogens (tertiary/aromatic N) is 4. The van der Waals surface area contributed by atoms with Crippen LogP contribution in [0.15, 0.2) is 22.6 Å². The fraction of sp³-hybridized carbons (Fsp3) is 0.565. The topological polar surface area (TPSA) is 56.3 Å². The van der Waals surface area contributed by atoms with Gasteiger partial charge in [-0.3, -0.25) is 4.90 Å². The summed E-state index contributed by atoms with van der Waals surface area (Å²) < 4.78 is 14.4. The van der Waals surface area contributed by atoms with Gasteiger partial charge in [-0.15, -0.1) is 10.2 Å². The van der Waals surface area contributed by atoms with E-state index in [0.29, 0.717) is 24.4 Å². The minimum Gasteiger partial charge on any atom is -0.495 e. The molecule has 3 aromatic rings. The van der Waals surface area contributed by atoms with Crippen molar-refractivity contribution < 1.29 is 9.15 Å². The summed E-state index contributed by atoms with van der Waals surface area (Å²) >= 11 is 0. The molecule has 0 unspecified atom stereocenters. The highest BCUT2D eigenvalue weighted by Gasteiger charge is 2.27. The highest BCUT2D eigenvalue weighted by Crippen LogP contribution is 2.43. The molecule has 29 heavy (non-hydrogen) atoms. The third kappa shape index (κ3) is 3.66. The van der Waals surface area contributed by atoms with E-state index in [-0.39, 0.29) is 0 Å². The van der Waals surface area contributed by atoms with Gasteiger partial charge in [0.2, 0.25) is 11.8 Å². The summed E-state index contributed by atoms with van der Waals surface area (Å²) in [4.78, 5) is 2.28. The SMILES string of the molecule is CCN(CC)Cc1nnc(-c2c(C)n(C3CCCCC3)c3c(OC)cccc23)o1. The van der Waals surface area contributed by atoms with Crippen molar-refractivity contribution in [2.75, 3.05) is 20.2 Å². The summed E-state index contributed by atoms with van der Waals surface area (Å²) in [5.41, 5.74) is 3.38. The van der Waals surface area contributed by atoms with Crippen molar-refractivity contribution >= 4 is 10.9 Å². The number of ether oxygens (including phenoxy) is 1. The van der Waals surface area contributed by atoms with E-state index >= 15 is 0 Å². The zero-order valence-electron chi connectivity index (χ0n) is 18.1. The maximum absolute atomic E-state index is 6.15. The van der Waals surface area contributed by atoms with Gasteiger partial charge in [0.15, 0.2) is 0 Å². The van der Waals surface area contributed by atoms with Crippen LogP contribution in [0, 0.1) is 6.92 Å². The maximum Gasteiger partial charge on any atom is 0.250 e. The van der Waals surface area contributed by atoms with Gasteiger partial charge in [0, 0.05) is 17.1 Å². The Hall–Kier alpha value is -2.34. The summed E-state index contributed by atoms with van der Waals surface area (Å²) in [6, 6.07) is 6.73. The van der Waals surface area contributed by atoms with Gasteiger partial charge in [0.05, 0.1) is 24.7 Å². The smallest absolute Gasteiger partial charge is 0.250 e. The molecule has 4 rings (SSSR count). The molecule has 0 atom stereocenters. The second-order valence-corrected chi connectivity index (χ2v) is 7.94. The number of aromatic nitrogens is 3. The largest absolute Gasteiger partial charge is 0.495 e. The van der Waals surface area contributed by atoms with E-state index in [0.717, 1.165) is 35.3 Å². The quantitative estimate of drug-likeness (QED) is 0.538. The molecule has 0 radical (unpaired) electrons. The zero-order valence-corrected chi connectivity index (χ0v) is 18.1. The van der Waals surface area contributed by atoms with Crippen LogP contribution >= 0.6 is 0 Å². The normalized spacial score (nSPS) is 15.5. The maximum atomic E-state index is 6.15. The summed E-state index contributed by atoms with van der Waals surface area (Å²) in [6.45, 7) is 9.09. The van der Waals surface area contributed by atoms with Crippen LogP contribution in [0.5, 0.6) is 5.75 Å². The van der Waals surface area contributed by atoms with Gasteiger partial charge in [-0.25, -0.2) is 0 Å². The van der Waals surface area contributed by atoms with E-state index in [1.54, 1.807) is 7.11 Å². The number of fused-ring (bicyclic) bond motifs is 1. The average molecular weight is 397 g/mol. The van der Waals surface area contributed by atoms with Crippen LogP contribution in [0.1, 0.15) is 63.6 Å². The molecule has 0 amide bonds. The Kier molecular flexibility index (Phi) is 5.90. The molecule has 1 fully saturated rings. The van der Waals surface area contributed by atoms with Crippen LogP contribution in [-0.2, 0) is 6.54 Å². The first-order chi connectivity index (χ1) is 14.2. The Bertz CT molecular complexity index is 965. The van der Waals surface area contributed by atoms with Crippen molar-refractivity contribution in [3.05, 3.63) is 29.8 Å². The first kappa shape index (κ1) is 20.0. The number of rotatable bonds is 7. The fourth-order valence-electron chi connectivity index (χ4n) is 4.74. The second-order valence-electron chi connectivity index (χ2n) is 7.94. The van der Waals surface area contributed by atoms with Crippen LogP contribution in [-0.4, -0.2) is 39.9 Å². The monoisotopic (exact) mass is 396 g/mol. The molecule has 1 saturated carbocycles. The van der Waals surface area contributed by atoms with Gasteiger partial charge >= 0.3 is 0 Å². The molecule has 156 valence electrons. The molecule has 2 aromatic heterocycles. The van der Waals surface area contributed by atoms with Gasteiger partial charge in [-0.05, 0) is 38.9 Å². The number of methoxy groups -OCH3 is 1. The highest BCUT2D eigenvalue weighted by molar-refractivity contribution is 5.99. The number of hydrogen-bond acceptors (Lipinski definition) is 5. The first-order valence-corrected chi connectivity index (χ1v) is 10.9. The molecule has 2 heterocycles. The van der Waals surface area contributed by atoms with E-state index in [4.69, 9.17) is 9.15 Å². The first-order valence-electron chi connectivity index (χ1n) is 10.9. The molecule has 1 aliphatic rings. The lowest BCUT2D eigenvalue weighted by Crippen LogP contribution is -2.22. The predicted octanol–water partition coefficient (Wildman–Crippen LogP) is 5.36. The van der Waals surface area contributed by atoms with E-state index < -0.39 is 0 Å². The molecule has 0 spiro atoms. The van der Waals surface area contributed by atoms with Crippen LogP contribution in [0.3, 0.4) is 0 Å². The molecule has 0 bridgehead atoms. The van der Waals surface area contributed by atoms with E-state index in [1.807, 2.05) is 12.1 Å². The lowest BCUT2D eigenvalue weighted by atomic mass is 9.95. The lowest BCUT2D eigenvalue weighted by Gasteiger charge is -2.26. The lowest BCUT2D eigenvalue weighted by molar-refractivity contribution is 0.264. The summed E-state index contributed by atoms with van der Waals surface area (Å²) in [5.74, 6) is 2.19. The highest BCUT2D eigenvalue weighted by atomic mass is 16.5. The van der Waals surface area contributed by atoms with Crippen LogP contribution in [0.25, 0.3) is 22.4 Å². The van der Waals surface area contributed by atoms with Gasteiger partial charge < -0.3 is 13.7 Å². The van der Waals surface area contributed by atoms with E-state index in [9.17, 15) is 0 Å². The average Bonchev–Trinajstić information content (AvgIpc) is 3.33. The molecule has 0 N–H and O–H groups in total. The van der Waals surface area contributed by atoms with Gasteiger partial charge in [-0.1, -0.05) is 45.2 Å². The molecule has 1 aromatic carbocycles. The van der Waals surface area contributed by atoms with Gasteiger partial charge in [0.1, 0.15) is 5.75 Å². The van der Waals surface area contributed by atoms with Crippen molar-refractivity contribution in [2.24, 2.45) is 0 Å². The third-order valence-electron chi connectivity index (χ3n) is 6.33. The zero-order chi connectivity index (χ0) is 20.4. The Morgan fingerprint density at radius 2 is 1.90 bits per heavy atom. The molecule has 1 aliphatic carbocycles. The van der Waals surface area contributed by atoms with Gasteiger partial charge in [-0.2, -0.15) is 0 Å². The summed E-state index contributed by atoms with van der Waals surface area (Å²) in [5, 5.41) is 9.91. The van der Waals surface area contributed by atoms with E-state index in [2.05, 4.69) is 46.5 Å². The molecule has 6 heteroatoms. The van der Waals surface area contributed by atoms with Crippen molar-refractivity contribution in [3.8, 4) is 17.2 Å². The molecule has 0 aliphatic heterocycles. The minimum atomic E-state index is 0.495. The molecular weight excluding hydrogens is 364 g/mol. The minimum absolute atomic E-state index is 0.495. The molecular formula is C23H32N4O2. The van der Waals surface area contributed by atoms with Crippen LogP contribution < -0.4 is 4.74 Å². The van der Waals surface area contributed by atoms with E-state index in [1.165, 1.54) is 37.8 Å². The Balaban J connectivity index is 1.83. The van der Waals surface area contributed by atoms with Crippen LogP contribution in [0.4, 0.5) is 0 Å². The Morgan fingerprint density at radius 3 is 2.59 bits per heavy atom. The van der Waals surface area contributed by atoms with Crippen LogP contribution in [0.2, 0.25) is 0 Å². The number of para-hydroxylation sites is 1.